The van der Waals surface area contributed by atoms with Crippen LogP contribution in [0.1, 0.15) is 25.3 Å². The van der Waals surface area contributed by atoms with Crippen molar-refractivity contribution in [1.29, 1.82) is 0 Å². The average molecular weight is 441 g/mol. The number of amides is 2. The van der Waals surface area contributed by atoms with Gasteiger partial charge >= 0.3 is 0 Å². The lowest BCUT2D eigenvalue weighted by Crippen LogP contribution is -2.38. The Morgan fingerprint density at radius 3 is 2.26 bits per heavy atom. The molecule has 2 amide bonds. The smallest absolute Gasteiger partial charge is 0.282 e. The maximum atomic E-state index is 13.7. The van der Waals surface area contributed by atoms with E-state index in [1.165, 1.54) is 12.0 Å². The fraction of sp³-hybridized carbons (Fsp3) is 0.333. The van der Waals surface area contributed by atoms with E-state index in [0.29, 0.717) is 45.0 Å². The normalized spacial score (nSPS) is 17.5. The van der Waals surface area contributed by atoms with E-state index in [4.69, 9.17) is 21.1 Å². The van der Waals surface area contributed by atoms with Gasteiger partial charge in [0.15, 0.2) is 0 Å². The summed E-state index contributed by atoms with van der Waals surface area (Å²) in [6.07, 6.45) is 1.94. The van der Waals surface area contributed by atoms with Gasteiger partial charge in [0.1, 0.15) is 17.2 Å². The fourth-order valence-electron chi connectivity index (χ4n) is 4.17. The maximum Gasteiger partial charge on any atom is 0.282 e. The summed E-state index contributed by atoms with van der Waals surface area (Å²) in [4.78, 5) is 30.5. The lowest BCUT2D eigenvalue weighted by Gasteiger charge is -2.32. The number of carbonyl (C=O) groups excluding carboxylic acids is 2. The summed E-state index contributed by atoms with van der Waals surface area (Å²) in [6.45, 7) is 3.66. The first-order valence-corrected chi connectivity index (χ1v) is 10.7. The van der Waals surface area contributed by atoms with Crippen LogP contribution in [-0.4, -0.2) is 44.0 Å². The Hall–Kier alpha value is -2.99. The second-order valence-corrected chi connectivity index (χ2v) is 8.27. The topological polar surface area (TPSA) is 59.1 Å². The highest BCUT2D eigenvalue weighted by atomic mass is 35.5. The predicted molar refractivity (Wildman–Crippen MR) is 120 cm³/mol. The van der Waals surface area contributed by atoms with Crippen LogP contribution in [0.15, 0.2) is 48.2 Å². The summed E-state index contributed by atoms with van der Waals surface area (Å²) in [5.41, 5.74) is 1.81. The zero-order valence-corrected chi connectivity index (χ0v) is 18.6. The summed E-state index contributed by atoms with van der Waals surface area (Å²) in [5, 5.41) is 0.333. The minimum atomic E-state index is -0.385. The zero-order chi connectivity index (χ0) is 22.1. The van der Waals surface area contributed by atoms with Gasteiger partial charge in [0.05, 0.1) is 30.5 Å². The van der Waals surface area contributed by atoms with Crippen molar-refractivity contribution in [3.63, 3.8) is 0 Å². The lowest BCUT2D eigenvalue weighted by atomic mass is 9.97. The number of anilines is 1. The van der Waals surface area contributed by atoms with Gasteiger partial charge in [-0.2, -0.15) is 0 Å². The molecule has 0 atom stereocenters. The molecule has 2 aromatic carbocycles. The average Bonchev–Trinajstić information content (AvgIpc) is 3.04. The summed E-state index contributed by atoms with van der Waals surface area (Å²) in [7, 11) is 3.08. The molecule has 0 N–H and O–H groups in total. The molecule has 2 aliphatic rings. The van der Waals surface area contributed by atoms with E-state index in [9.17, 15) is 9.59 Å². The largest absolute Gasteiger partial charge is 0.496 e. The SMILES string of the molecule is COc1ccc(N2C(=O)C(c3ccccc3OC)=C(N3CCC(C)CC3)C2=O)cc1Cl. The molecule has 1 fully saturated rings. The number of hydrogen-bond acceptors (Lipinski definition) is 5. The third-order valence-corrected chi connectivity index (χ3v) is 6.22. The number of carbonyl (C=O) groups is 2. The number of para-hydroxylation sites is 1. The first-order chi connectivity index (χ1) is 15.0. The Morgan fingerprint density at radius 1 is 0.935 bits per heavy atom. The molecule has 0 bridgehead atoms. The van der Waals surface area contributed by atoms with Crippen molar-refractivity contribution >= 4 is 34.7 Å². The second-order valence-electron chi connectivity index (χ2n) is 7.86. The van der Waals surface area contributed by atoms with Crippen molar-refractivity contribution in [3.05, 3.63) is 58.7 Å². The van der Waals surface area contributed by atoms with Crippen molar-refractivity contribution in [2.75, 3.05) is 32.2 Å². The molecule has 0 aromatic heterocycles. The minimum absolute atomic E-state index is 0.333. The Morgan fingerprint density at radius 2 is 1.61 bits per heavy atom. The molecule has 0 unspecified atom stereocenters. The van der Waals surface area contributed by atoms with Gasteiger partial charge in [-0.25, -0.2) is 4.90 Å². The van der Waals surface area contributed by atoms with Crippen LogP contribution in [0.4, 0.5) is 5.69 Å². The van der Waals surface area contributed by atoms with Crippen LogP contribution in [0, 0.1) is 5.92 Å². The highest BCUT2D eigenvalue weighted by Gasteiger charge is 2.44. The Bertz CT molecular complexity index is 1060. The van der Waals surface area contributed by atoms with Gasteiger partial charge in [-0.05, 0) is 43.0 Å². The number of imide groups is 1. The predicted octanol–water partition coefficient (Wildman–Crippen LogP) is 4.37. The Labute approximate surface area is 187 Å². The number of ether oxygens (including phenoxy) is 2. The second kappa shape index (κ2) is 8.63. The number of likely N-dealkylation sites (tertiary alicyclic amines) is 1. The van der Waals surface area contributed by atoms with E-state index in [1.54, 1.807) is 31.4 Å². The van der Waals surface area contributed by atoms with E-state index in [0.717, 1.165) is 25.9 Å². The van der Waals surface area contributed by atoms with Gasteiger partial charge in [-0.15, -0.1) is 0 Å². The highest BCUT2D eigenvalue weighted by molar-refractivity contribution is 6.46. The molecule has 31 heavy (non-hydrogen) atoms. The zero-order valence-electron chi connectivity index (χ0n) is 17.9. The monoisotopic (exact) mass is 440 g/mol. The molecule has 0 spiro atoms. The van der Waals surface area contributed by atoms with Crippen LogP contribution in [0.25, 0.3) is 5.57 Å². The van der Waals surface area contributed by atoms with Gasteiger partial charge < -0.3 is 14.4 Å². The molecular formula is C24H25ClN2O4. The van der Waals surface area contributed by atoms with Crippen molar-refractivity contribution in [3.8, 4) is 11.5 Å². The quantitative estimate of drug-likeness (QED) is 0.646. The van der Waals surface area contributed by atoms with Crippen LogP contribution < -0.4 is 14.4 Å². The van der Waals surface area contributed by atoms with Gasteiger partial charge in [0.2, 0.25) is 0 Å². The van der Waals surface area contributed by atoms with Crippen LogP contribution in [0.3, 0.4) is 0 Å². The molecular weight excluding hydrogens is 416 g/mol. The molecule has 2 heterocycles. The lowest BCUT2D eigenvalue weighted by molar-refractivity contribution is -0.120. The number of benzene rings is 2. The first-order valence-electron chi connectivity index (χ1n) is 10.3. The van der Waals surface area contributed by atoms with Gasteiger partial charge in [-0.1, -0.05) is 36.7 Å². The minimum Gasteiger partial charge on any atom is -0.496 e. The molecule has 0 saturated carbocycles. The molecule has 2 aromatic rings. The molecule has 1 saturated heterocycles. The van der Waals surface area contributed by atoms with E-state index in [2.05, 4.69) is 6.92 Å². The Balaban J connectivity index is 1.83. The highest BCUT2D eigenvalue weighted by Crippen LogP contribution is 2.40. The number of nitrogens with zero attached hydrogens (tertiary/aromatic N) is 2. The summed E-state index contributed by atoms with van der Waals surface area (Å²) in [5.74, 6) is 0.894. The Kier molecular flexibility index (Phi) is 5.92. The molecule has 4 rings (SSSR count). The molecule has 0 radical (unpaired) electrons. The van der Waals surface area contributed by atoms with Crippen molar-refractivity contribution < 1.29 is 19.1 Å². The van der Waals surface area contributed by atoms with E-state index >= 15 is 0 Å². The summed E-state index contributed by atoms with van der Waals surface area (Å²) < 4.78 is 10.7. The van der Waals surface area contributed by atoms with Crippen LogP contribution in [0.2, 0.25) is 5.02 Å². The molecule has 0 aliphatic carbocycles. The first kappa shape index (κ1) is 21.2. The van der Waals surface area contributed by atoms with Crippen molar-refractivity contribution in [2.45, 2.75) is 19.8 Å². The van der Waals surface area contributed by atoms with Crippen molar-refractivity contribution in [2.24, 2.45) is 5.92 Å². The van der Waals surface area contributed by atoms with Gasteiger partial charge in [0, 0.05) is 18.7 Å². The molecule has 6 nitrogen and oxygen atoms in total. The van der Waals surface area contributed by atoms with Gasteiger partial charge in [-0.3, -0.25) is 9.59 Å². The standard InChI is InChI=1S/C24H25ClN2O4/c1-15-10-12-26(13-11-15)22-21(17-6-4-5-7-19(17)30-2)23(28)27(24(22)29)16-8-9-20(31-3)18(25)14-16/h4-9,14-15H,10-13H2,1-3H3. The number of hydrogen-bond donors (Lipinski definition) is 0. The fourth-order valence-corrected chi connectivity index (χ4v) is 4.42. The molecule has 2 aliphatic heterocycles. The van der Waals surface area contributed by atoms with Crippen molar-refractivity contribution in [1.82, 2.24) is 4.90 Å². The third-order valence-electron chi connectivity index (χ3n) is 5.93. The van der Waals surface area contributed by atoms with Crippen LogP contribution in [0.5, 0.6) is 11.5 Å². The number of halogens is 1. The van der Waals surface area contributed by atoms with Gasteiger partial charge in [0.25, 0.3) is 11.8 Å². The number of rotatable bonds is 5. The van der Waals surface area contributed by atoms with E-state index < -0.39 is 0 Å². The summed E-state index contributed by atoms with van der Waals surface area (Å²) in [6, 6.07) is 12.2. The number of methoxy groups -OCH3 is 2. The number of piperidine rings is 1. The van der Waals surface area contributed by atoms with Crippen LogP contribution in [-0.2, 0) is 9.59 Å². The maximum absolute atomic E-state index is 13.7. The van der Waals surface area contributed by atoms with E-state index in [1.807, 2.05) is 23.1 Å². The van der Waals surface area contributed by atoms with Crippen LogP contribution >= 0.6 is 11.6 Å². The molecule has 162 valence electrons. The third kappa shape index (κ3) is 3.76. The molecule has 7 heteroatoms. The van der Waals surface area contributed by atoms with E-state index in [-0.39, 0.29) is 11.8 Å². The summed E-state index contributed by atoms with van der Waals surface area (Å²) >= 11 is 6.29.